The number of hydrogen-bond donors (Lipinski definition) is 1. The lowest BCUT2D eigenvalue weighted by Gasteiger charge is -2.20. The molecule has 5 heteroatoms. The normalized spacial score (nSPS) is 13.4. The van der Waals surface area contributed by atoms with Crippen LogP contribution in [0.3, 0.4) is 0 Å². The first-order valence-corrected chi connectivity index (χ1v) is 9.92. The lowest BCUT2D eigenvalue weighted by atomic mass is 10.1. The molecule has 3 rings (SSSR count). The Morgan fingerprint density at radius 2 is 1.79 bits per heavy atom. The zero-order valence-corrected chi connectivity index (χ0v) is 16.7. The second kappa shape index (κ2) is 9.40. The highest BCUT2D eigenvalue weighted by atomic mass is 16.5. The third-order valence-corrected chi connectivity index (χ3v) is 5.01. The smallest absolute Gasteiger partial charge is 0.224 e. The van der Waals surface area contributed by atoms with Gasteiger partial charge in [0.25, 0.3) is 0 Å². The Hall–Kier alpha value is -2.82. The Morgan fingerprint density at radius 3 is 2.43 bits per heavy atom. The zero-order valence-electron chi connectivity index (χ0n) is 16.7. The molecule has 1 aliphatic heterocycles. The summed E-state index contributed by atoms with van der Waals surface area (Å²) >= 11 is 0. The molecule has 2 aromatic carbocycles. The maximum atomic E-state index is 12.2. The first-order chi connectivity index (χ1) is 13.5. The number of ketones is 1. The highest BCUT2D eigenvalue weighted by Gasteiger charge is 2.14. The first-order valence-electron chi connectivity index (χ1n) is 9.92. The second-order valence-electron chi connectivity index (χ2n) is 7.28. The van der Waals surface area contributed by atoms with Crippen LogP contribution in [0.5, 0.6) is 5.75 Å². The Balaban J connectivity index is 1.41. The van der Waals surface area contributed by atoms with Crippen molar-refractivity contribution in [1.29, 1.82) is 0 Å². The lowest BCUT2D eigenvalue weighted by Crippen LogP contribution is -2.19. The number of hydrogen-bond acceptors (Lipinski definition) is 4. The Bertz CT molecular complexity index is 824. The standard InChI is InChI=1S/C23H28N2O3/c1-17-16-20(9-12-22(17)25-13-3-4-14-25)24-23(27)6-5-15-28-21-10-7-19(8-11-21)18(2)26/h7-12,16H,3-6,13-15H2,1-2H3,(H,24,27). The summed E-state index contributed by atoms with van der Waals surface area (Å²) in [6.07, 6.45) is 3.53. The summed E-state index contributed by atoms with van der Waals surface area (Å²) < 4.78 is 5.64. The molecular formula is C23H28N2O3. The van der Waals surface area contributed by atoms with E-state index in [4.69, 9.17) is 4.74 Å². The van der Waals surface area contributed by atoms with Crippen molar-refractivity contribution in [1.82, 2.24) is 0 Å². The molecule has 0 bridgehead atoms. The molecule has 1 heterocycles. The van der Waals surface area contributed by atoms with Gasteiger partial charge in [0, 0.05) is 36.4 Å². The highest BCUT2D eigenvalue weighted by molar-refractivity contribution is 5.94. The van der Waals surface area contributed by atoms with Gasteiger partial charge >= 0.3 is 0 Å². The number of ether oxygens (including phenoxy) is 1. The van der Waals surface area contributed by atoms with Crippen LogP contribution < -0.4 is 15.0 Å². The highest BCUT2D eigenvalue weighted by Crippen LogP contribution is 2.26. The van der Waals surface area contributed by atoms with Crippen molar-refractivity contribution in [2.45, 2.75) is 39.5 Å². The Morgan fingerprint density at radius 1 is 1.07 bits per heavy atom. The number of anilines is 2. The van der Waals surface area contributed by atoms with E-state index in [0.717, 1.165) is 18.8 Å². The van der Waals surface area contributed by atoms with Crippen LogP contribution >= 0.6 is 0 Å². The van der Waals surface area contributed by atoms with Gasteiger partial charge in [0.15, 0.2) is 5.78 Å². The molecule has 1 saturated heterocycles. The summed E-state index contributed by atoms with van der Waals surface area (Å²) in [7, 11) is 0. The third-order valence-electron chi connectivity index (χ3n) is 5.01. The van der Waals surface area contributed by atoms with E-state index in [1.54, 1.807) is 24.3 Å². The van der Waals surface area contributed by atoms with Crippen molar-refractivity contribution in [3.05, 3.63) is 53.6 Å². The summed E-state index contributed by atoms with van der Waals surface area (Å²) in [5.74, 6) is 0.731. The number of benzene rings is 2. The van der Waals surface area contributed by atoms with Gasteiger partial charge in [-0.15, -0.1) is 0 Å². The van der Waals surface area contributed by atoms with E-state index in [9.17, 15) is 9.59 Å². The maximum absolute atomic E-state index is 12.2. The molecule has 2 aromatic rings. The molecular weight excluding hydrogens is 352 g/mol. The van der Waals surface area contributed by atoms with Crippen LogP contribution in [-0.4, -0.2) is 31.4 Å². The largest absolute Gasteiger partial charge is 0.494 e. The van der Waals surface area contributed by atoms with Crippen LogP contribution in [0.2, 0.25) is 0 Å². The Kier molecular flexibility index (Phi) is 6.69. The molecule has 0 saturated carbocycles. The first kappa shape index (κ1) is 19.9. The van der Waals surface area contributed by atoms with Crippen molar-refractivity contribution in [3.8, 4) is 5.75 Å². The molecule has 1 fully saturated rings. The van der Waals surface area contributed by atoms with Crippen molar-refractivity contribution in [2.24, 2.45) is 0 Å². The SMILES string of the molecule is CC(=O)c1ccc(OCCCC(=O)Nc2ccc(N3CCCC3)c(C)c2)cc1. The molecule has 0 spiro atoms. The topological polar surface area (TPSA) is 58.6 Å². The van der Waals surface area contributed by atoms with Gasteiger partial charge in [-0.1, -0.05) is 0 Å². The van der Waals surface area contributed by atoms with E-state index < -0.39 is 0 Å². The molecule has 0 radical (unpaired) electrons. The number of Topliss-reactive ketones (excluding diaryl/α,β-unsaturated/α-hetero) is 1. The molecule has 0 aliphatic carbocycles. The minimum absolute atomic E-state index is 0.0103. The summed E-state index contributed by atoms with van der Waals surface area (Å²) in [5, 5.41) is 2.97. The van der Waals surface area contributed by atoms with E-state index >= 15 is 0 Å². The minimum Gasteiger partial charge on any atom is -0.494 e. The van der Waals surface area contributed by atoms with Crippen LogP contribution in [0.4, 0.5) is 11.4 Å². The van der Waals surface area contributed by atoms with Crippen molar-refractivity contribution in [3.63, 3.8) is 0 Å². The predicted octanol–water partition coefficient (Wildman–Crippen LogP) is 4.60. The second-order valence-corrected chi connectivity index (χ2v) is 7.28. The van der Waals surface area contributed by atoms with Crippen LogP contribution in [0.25, 0.3) is 0 Å². The van der Waals surface area contributed by atoms with Crippen LogP contribution in [0.1, 0.15) is 48.5 Å². The maximum Gasteiger partial charge on any atom is 0.224 e. The number of carbonyl (C=O) groups is 2. The molecule has 1 N–H and O–H groups in total. The predicted molar refractivity (Wildman–Crippen MR) is 112 cm³/mol. The molecule has 5 nitrogen and oxygen atoms in total. The van der Waals surface area contributed by atoms with Gasteiger partial charge in [0.2, 0.25) is 5.91 Å². The van der Waals surface area contributed by atoms with E-state index in [1.165, 1.54) is 31.0 Å². The van der Waals surface area contributed by atoms with E-state index in [2.05, 4.69) is 23.2 Å². The fourth-order valence-electron chi connectivity index (χ4n) is 3.48. The molecule has 1 aliphatic rings. The summed E-state index contributed by atoms with van der Waals surface area (Å²) in [5.41, 5.74) is 3.96. The zero-order chi connectivity index (χ0) is 19.9. The van der Waals surface area contributed by atoms with E-state index in [-0.39, 0.29) is 11.7 Å². The average Bonchev–Trinajstić information content (AvgIpc) is 3.20. The van der Waals surface area contributed by atoms with E-state index in [1.807, 2.05) is 12.1 Å². The Labute approximate surface area is 166 Å². The number of aryl methyl sites for hydroxylation is 1. The molecule has 0 aromatic heterocycles. The number of amides is 1. The van der Waals surface area contributed by atoms with Crippen LogP contribution in [0, 0.1) is 6.92 Å². The van der Waals surface area contributed by atoms with Crippen LogP contribution in [0.15, 0.2) is 42.5 Å². The van der Waals surface area contributed by atoms with Crippen LogP contribution in [-0.2, 0) is 4.79 Å². The van der Waals surface area contributed by atoms with Crippen molar-refractivity contribution < 1.29 is 14.3 Å². The van der Waals surface area contributed by atoms with Gasteiger partial charge in [-0.3, -0.25) is 9.59 Å². The van der Waals surface area contributed by atoms with Gasteiger partial charge in [0.1, 0.15) is 5.75 Å². The average molecular weight is 380 g/mol. The fourth-order valence-corrected chi connectivity index (χ4v) is 3.48. The summed E-state index contributed by atoms with van der Waals surface area (Å²) in [4.78, 5) is 25.8. The van der Waals surface area contributed by atoms with Crippen molar-refractivity contribution in [2.75, 3.05) is 29.9 Å². The minimum atomic E-state index is -0.0103. The number of rotatable bonds is 8. The summed E-state index contributed by atoms with van der Waals surface area (Å²) in [6.45, 7) is 6.32. The monoisotopic (exact) mass is 380 g/mol. The quantitative estimate of drug-likeness (QED) is 0.537. The number of nitrogens with zero attached hydrogens (tertiary/aromatic N) is 1. The molecule has 28 heavy (non-hydrogen) atoms. The third kappa shape index (κ3) is 5.35. The fraction of sp³-hybridized carbons (Fsp3) is 0.391. The summed E-state index contributed by atoms with van der Waals surface area (Å²) in [6, 6.07) is 13.2. The molecule has 0 atom stereocenters. The molecule has 0 unspecified atom stereocenters. The van der Waals surface area contributed by atoms with Gasteiger partial charge in [-0.2, -0.15) is 0 Å². The number of carbonyl (C=O) groups excluding carboxylic acids is 2. The van der Waals surface area contributed by atoms with Gasteiger partial charge < -0.3 is 15.0 Å². The van der Waals surface area contributed by atoms with Crippen molar-refractivity contribution >= 4 is 23.1 Å². The van der Waals surface area contributed by atoms with Gasteiger partial charge in [0.05, 0.1) is 6.61 Å². The lowest BCUT2D eigenvalue weighted by molar-refractivity contribution is -0.116. The van der Waals surface area contributed by atoms with Gasteiger partial charge in [-0.25, -0.2) is 0 Å². The molecule has 1 amide bonds. The van der Waals surface area contributed by atoms with Gasteiger partial charge in [-0.05, 0) is 81.1 Å². The van der Waals surface area contributed by atoms with E-state index in [0.29, 0.717) is 30.8 Å². The molecule has 148 valence electrons. The number of nitrogens with one attached hydrogen (secondary N) is 1.